The van der Waals surface area contributed by atoms with Crippen molar-refractivity contribution in [2.24, 2.45) is 0 Å². The highest BCUT2D eigenvalue weighted by molar-refractivity contribution is 7.91. The molecule has 0 aromatic heterocycles. The molecule has 3 rings (SSSR count). The molecule has 0 bridgehead atoms. The third kappa shape index (κ3) is 3.49. The molecule has 1 aromatic rings. The second-order valence-corrected chi connectivity index (χ2v) is 6.17. The van der Waals surface area contributed by atoms with Crippen molar-refractivity contribution >= 4 is 22.2 Å². The van der Waals surface area contributed by atoms with E-state index in [-0.39, 0.29) is 12.4 Å². The lowest BCUT2D eigenvalue weighted by Gasteiger charge is -2.14. The number of halogens is 1. The Morgan fingerprint density at radius 1 is 0.938 bits per heavy atom. The van der Waals surface area contributed by atoms with Gasteiger partial charge in [0, 0.05) is 0 Å². The number of fused-ring (bicyclic) bond motifs is 1. The van der Waals surface area contributed by atoms with Crippen LogP contribution < -0.4 is 0 Å². The summed E-state index contributed by atoms with van der Waals surface area (Å²) in [5, 5.41) is 0. The highest BCUT2D eigenvalue weighted by Crippen LogP contribution is 2.23. The van der Waals surface area contributed by atoms with E-state index < -0.39 is 9.84 Å². The zero-order valence-electron chi connectivity index (χ0n) is 9.19. The van der Waals surface area contributed by atoms with Crippen molar-refractivity contribution in [1.82, 2.24) is 0 Å². The summed E-state index contributed by atoms with van der Waals surface area (Å²) in [5.41, 5.74) is 0.976. The quantitative estimate of drug-likeness (QED) is 0.719. The van der Waals surface area contributed by atoms with Crippen LogP contribution in [0.4, 0.5) is 0 Å². The minimum absolute atomic E-state index is 0. The Hall–Kier alpha value is -0.540. The van der Waals surface area contributed by atoms with Crippen molar-refractivity contribution in [3.05, 3.63) is 29.8 Å². The van der Waals surface area contributed by atoms with Gasteiger partial charge in [0.15, 0.2) is 9.84 Å². The van der Waals surface area contributed by atoms with Crippen LogP contribution in [0.5, 0.6) is 0 Å². The van der Waals surface area contributed by atoms with Gasteiger partial charge in [-0.3, -0.25) is 0 Å². The second-order valence-electron chi connectivity index (χ2n) is 4.09. The Bertz CT molecular complexity index is 435. The minimum atomic E-state index is -2.94. The maximum atomic E-state index is 11.5. The maximum Gasteiger partial charge on any atom is 0.178 e. The summed E-state index contributed by atoms with van der Waals surface area (Å²) in [6, 6.07) is 7.26. The van der Waals surface area contributed by atoms with E-state index in [4.69, 9.17) is 0 Å². The molecule has 0 atom stereocenters. The fraction of sp³-hybridized carbons (Fsp3) is 0.500. The molecule has 2 nitrogen and oxygen atoms in total. The molecule has 1 aromatic carbocycles. The number of hydrogen-bond acceptors (Lipinski definition) is 2. The van der Waals surface area contributed by atoms with Crippen molar-refractivity contribution in [3.63, 3.8) is 0 Å². The van der Waals surface area contributed by atoms with Crippen molar-refractivity contribution in [1.29, 1.82) is 0 Å². The first-order valence-electron chi connectivity index (χ1n) is 5.51. The van der Waals surface area contributed by atoms with Gasteiger partial charge in [-0.25, -0.2) is 8.42 Å². The van der Waals surface area contributed by atoms with E-state index in [0.717, 1.165) is 18.4 Å². The minimum Gasteiger partial charge on any atom is -0.224 e. The monoisotopic (exact) mass is 260 g/mol. The standard InChI is InChI=1S/C9H10O2S.C3H6.ClH/c10-12(11)7-3-5-8-4-1-2-6-9(8)12;1-2-3-1;/h1-2,4,6H,3,5,7H2;1-3H2;1H. The van der Waals surface area contributed by atoms with Gasteiger partial charge in [-0.2, -0.15) is 0 Å². The lowest BCUT2D eigenvalue weighted by molar-refractivity contribution is 0.586. The van der Waals surface area contributed by atoms with E-state index in [0.29, 0.717) is 10.6 Å². The van der Waals surface area contributed by atoms with Crippen LogP contribution in [0.25, 0.3) is 0 Å². The van der Waals surface area contributed by atoms with Gasteiger partial charge in [-0.15, -0.1) is 12.4 Å². The normalized spacial score (nSPS) is 19.5. The van der Waals surface area contributed by atoms with Crippen LogP contribution in [-0.4, -0.2) is 14.2 Å². The molecule has 1 aliphatic heterocycles. The summed E-state index contributed by atoms with van der Waals surface area (Å²) >= 11 is 0. The molecule has 0 amide bonds. The van der Waals surface area contributed by atoms with Crippen LogP contribution in [0.2, 0.25) is 0 Å². The number of rotatable bonds is 0. The maximum absolute atomic E-state index is 11.5. The third-order valence-corrected chi connectivity index (χ3v) is 4.41. The van der Waals surface area contributed by atoms with E-state index in [1.807, 2.05) is 12.1 Å². The van der Waals surface area contributed by atoms with Crippen LogP contribution >= 0.6 is 12.4 Å². The third-order valence-electron chi connectivity index (χ3n) is 2.52. The van der Waals surface area contributed by atoms with E-state index in [1.165, 1.54) is 19.3 Å². The van der Waals surface area contributed by atoms with Gasteiger partial charge in [0.05, 0.1) is 10.6 Å². The van der Waals surface area contributed by atoms with E-state index in [2.05, 4.69) is 0 Å². The topological polar surface area (TPSA) is 34.1 Å². The molecule has 2 aliphatic rings. The Kier molecular flexibility index (Phi) is 4.81. The molecule has 1 saturated carbocycles. The summed E-state index contributed by atoms with van der Waals surface area (Å²) in [5.74, 6) is 0.310. The average molecular weight is 261 g/mol. The van der Waals surface area contributed by atoms with Crippen LogP contribution in [0.15, 0.2) is 29.2 Å². The molecule has 0 spiro atoms. The van der Waals surface area contributed by atoms with Crippen molar-refractivity contribution in [3.8, 4) is 0 Å². The van der Waals surface area contributed by atoms with E-state index >= 15 is 0 Å². The Morgan fingerprint density at radius 3 is 2.12 bits per heavy atom. The van der Waals surface area contributed by atoms with Gasteiger partial charge >= 0.3 is 0 Å². The average Bonchev–Trinajstić information content (AvgIpc) is 3.04. The molecule has 1 aliphatic carbocycles. The molecule has 1 fully saturated rings. The molecule has 1 heterocycles. The molecule has 90 valence electrons. The first kappa shape index (κ1) is 13.5. The SMILES string of the molecule is C1CC1.Cl.O=S1(=O)CCCc2ccccc21. The molecule has 0 saturated heterocycles. The molecular weight excluding hydrogens is 244 g/mol. The molecule has 0 radical (unpaired) electrons. The zero-order valence-corrected chi connectivity index (χ0v) is 10.8. The highest BCUT2D eigenvalue weighted by Gasteiger charge is 2.21. The highest BCUT2D eigenvalue weighted by atomic mass is 35.5. The lowest BCUT2D eigenvalue weighted by atomic mass is 10.1. The van der Waals surface area contributed by atoms with Crippen LogP contribution in [-0.2, 0) is 16.3 Å². The molecule has 0 N–H and O–H groups in total. The van der Waals surface area contributed by atoms with Gasteiger partial charge in [0.1, 0.15) is 0 Å². The van der Waals surface area contributed by atoms with Crippen LogP contribution in [0, 0.1) is 0 Å². The summed E-state index contributed by atoms with van der Waals surface area (Å²) in [6.45, 7) is 0. The number of aryl methyl sites for hydroxylation is 1. The smallest absolute Gasteiger partial charge is 0.178 e. The van der Waals surface area contributed by atoms with Gasteiger partial charge in [0.2, 0.25) is 0 Å². The predicted molar refractivity (Wildman–Crippen MR) is 67.9 cm³/mol. The van der Waals surface area contributed by atoms with Crippen molar-refractivity contribution in [2.45, 2.75) is 37.0 Å². The Labute approximate surface area is 103 Å². The second kappa shape index (κ2) is 5.69. The van der Waals surface area contributed by atoms with Gasteiger partial charge in [0.25, 0.3) is 0 Å². The van der Waals surface area contributed by atoms with Crippen molar-refractivity contribution in [2.75, 3.05) is 5.75 Å². The molecule has 4 heteroatoms. The summed E-state index contributed by atoms with van der Waals surface area (Å²) in [6.07, 6.45) is 6.16. The molecular formula is C12H17ClO2S. The van der Waals surface area contributed by atoms with E-state index in [9.17, 15) is 8.42 Å². The Balaban J connectivity index is 0.000000278. The first-order valence-corrected chi connectivity index (χ1v) is 7.16. The van der Waals surface area contributed by atoms with Gasteiger partial charge in [-0.05, 0) is 24.5 Å². The zero-order chi connectivity index (χ0) is 10.7. The van der Waals surface area contributed by atoms with Crippen molar-refractivity contribution < 1.29 is 8.42 Å². The summed E-state index contributed by atoms with van der Waals surface area (Å²) in [4.78, 5) is 0.538. The van der Waals surface area contributed by atoms with Gasteiger partial charge < -0.3 is 0 Å². The fourth-order valence-electron chi connectivity index (χ4n) is 1.58. The number of benzene rings is 1. The molecule has 16 heavy (non-hydrogen) atoms. The van der Waals surface area contributed by atoms with Crippen LogP contribution in [0.1, 0.15) is 31.2 Å². The molecule has 0 unspecified atom stereocenters. The fourth-order valence-corrected chi connectivity index (χ4v) is 3.18. The Morgan fingerprint density at radius 2 is 1.56 bits per heavy atom. The number of sulfone groups is 1. The summed E-state index contributed by atoms with van der Waals surface area (Å²) in [7, 11) is -2.94. The van der Waals surface area contributed by atoms with E-state index in [1.54, 1.807) is 12.1 Å². The first-order chi connectivity index (χ1) is 7.20. The summed E-state index contributed by atoms with van der Waals surface area (Å²) < 4.78 is 22.9. The largest absolute Gasteiger partial charge is 0.224 e. The van der Waals surface area contributed by atoms with Crippen LogP contribution in [0.3, 0.4) is 0 Å². The lowest BCUT2D eigenvalue weighted by Crippen LogP contribution is -2.15. The number of hydrogen-bond donors (Lipinski definition) is 0. The van der Waals surface area contributed by atoms with Gasteiger partial charge in [-0.1, -0.05) is 37.5 Å². The predicted octanol–water partition coefficient (Wildman–Crippen LogP) is 3.00.